The Morgan fingerprint density at radius 2 is 1.60 bits per heavy atom. The number of hydrogen-bond acceptors (Lipinski definition) is 0. The van der Waals surface area contributed by atoms with Crippen LogP contribution in [0, 0.1) is 13.8 Å². The highest BCUT2D eigenvalue weighted by atomic mass is 14.9. The van der Waals surface area contributed by atoms with E-state index in [-0.39, 0.29) is 0 Å². The van der Waals surface area contributed by atoms with Crippen LogP contribution in [0.3, 0.4) is 0 Å². The summed E-state index contributed by atoms with van der Waals surface area (Å²) in [7, 11) is 2.21. The molecule has 124 valence electrons. The SMILES string of the molecule is Cc1cc(C)c(-c2cc3c(c[n+]2C)CCC3)c2c1-c1ccccc1C2. The van der Waals surface area contributed by atoms with Crippen LogP contribution in [0.1, 0.15) is 39.8 Å². The molecule has 0 unspecified atom stereocenters. The Kier molecular flexibility index (Phi) is 3.15. The van der Waals surface area contributed by atoms with Gasteiger partial charge in [-0.05, 0) is 78.5 Å². The van der Waals surface area contributed by atoms with Gasteiger partial charge in [-0.3, -0.25) is 0 Å². The van der Waals surface area contributed by atoms with Crippen molar-refractivity contribution in [2.45, 2.75) is 39.5 Å². The second kappa shape index (κ2) is 5.29. The molecule has 25 heavy (non-hydrogen) atoms. The van der Waals surface area contributed by atoms with Crippen LogP contribution in [0.15, 0.2) is 42.6 Å². The van der Waals surface area contributed by atoms with E-state index in [4.69, 9.17) is 0 Å². The topological polar surface area (TPSA) is 3.88 Å². The summed E-state index contributed by atoms with van der Waals surface area (Å²) in [5.74, 6) is 0. The minimum absolute atomic E-state index is 1.06. The zero-order valence-corrected chi connectivity index (χ0v) is 15.3. The highest BCUT2D eigenvalue weighted by Gasteiger charge is 2.29. The van der Waals surface area contributed by atoms with Gasteiger partial charge in [0, 0.05) is 11.6 Å². The number of hydrogen-bond donors (Lipinski definition) is 0. The highest BCUT2D eigenvalue weighted by Crippen LogP contribution is 2.44. The van der Waals surface area contributed by atoms with Crippen LogP contribution in [0.5, 0.6) is 0 Å². The summed E-state index contributed by atoms with van der Waals surface area (Å²) in [5.41, 5.74) is 14.6. The molecule has 1 heterocycles. The van der Waals surface area contributed by atoms with Crippen molar-refractivity contribution in [3.63, 3.8) is 0 Å². The Bertz CT molecular complexity index is 1030. The van der Waals surface area contributed by atoms with E-state index < -0.39 is 0 Å². The largest absolute Gasteiger partial charge is 0.213 e. The van der Waals surface area contributed by atoms with Crippen molar-refractivity contribution in [1.29, 1.82) is 0 Å². The Balaban J connectivity index is 1.80. The number of fused-ring (bicyclic) bond motifs is 4. The van der Waals surface area contributed by atoms with E-state index in [2.05, 4.69) is 68.1 Å². The van der Waals surface area contributed by atoms with Gasteiger partial charge in [0.25, 0.3) is 0 Å². The molecule has 0 bridgehead atoms. The van der Waals surface area contributed by atoms with E-state index in [1.165, 1.54) is 69.5 Å². The molecule has 0 saturated carbocycles. The summed E-state index contributed by atoms with van der Waals surface area (Å²) >= 11 is 0. The number of nitrogens with zero attached hydrogens (tertiary/aromatic N) is 1. The Morgan fingerprint density at radius 3 is 2.48 bits per heavy atom. The quantitative estimate of drug-likeness (QED) is 0.440. The maximum Gasteiger partial charge on any atom is 0.213 e. The molecule has 0 spiro atoms. The lowest BCUT2D eigenvalue weighted by Gasteiger charge is -2.14. The van der Waals surface area contributed by atoms with Gasteiger partial charge in [-0.2, -0.15) is 0 Å². The fourth-order valence-corrected chi connectivity index (χ4v) is 5.01. The molecule has 0 amide bonds. The normalized spacial score (nSPS) is 14.4. The van der Waals surface area contributed by atoms with Gasteiger partial charge >= 0.3 is 0 Å². The van der Waals surface area contributed by atoms with Crippen LogP contribution in [0.25, 0.3) is 22.4 Å². The molecule has 0 atom stereocenters. The molecule has 0 fully saturated rings. The molecule has 1 heteroatoms. The van der Waals surface area contributed by atoms with Crippen LogP contribution in [0.2, 0.25) is 0 Å². The van der Waals surface area contributed by atoms with Crippen LogP contribution in [0.4, 0.5) is 0 Å². The summed E-state index contributed by atoms with van der Waals surface area (Å²) < 4.78 is 2.35. The first-order valence-corrected chi connectivity index (χ1v) is 9.36. The second-order valence-corrected chi connectivity index (χ2v) is 7.75. The van der Waals surface area contributed by atoms with Crippen LogP contribution < -0.4 is 4.57 Å². The number of pyridine rings is 1. The van der Waals surface area contributed by atoms with Crippen molar-refractivity contribution in [1.82, 2.24) is 0 Å². The average molecular weight is 326 g/mol. The zero-order valence-electron chi connectivity index (χ0n) is 15.3. The molecule has 2 aromatic carbocycles. The Hall–Kier alpha value is -2.41. The molecule has 1 nitrogen and oxygen atoms in total. The smallest absolute Gasteiger partial charge is 0.201 e. The predicted molar refractivity (Wildman–Crippen MR) is 103 cm³/mol. The molecule has 0 saturated heterocycles. The van der Waals surface area contributed by atoms with Gasteiger partial charge in [0.15, 0.2) is 6.20 Å². The molecule has 0 aliphatic heterocycles. The van der Waals surface area contributed by atoms with Crippen molar-refractivity contribution in [3.05, 3.63) is 76.0 Å². The van der Waals surface area contributed by atoms with Gasteiger partial charge < -0.3 is 0 Å². The number of benzene rings is 2. The van der Waals surface area contributed by atoms with Crippen LogP contribution >= 0.6 is 0 Å². The first-order chi connectivity index (χ1) is 12.1. The van der Waals surface area contributed by atoms with E-state index in [9.17, 15) is 0 Å². The van der Waals surface area contributed by atoms with Crippen molar-refractivity contribution < 1.29 is 4.57 Å². The maximum absolute atomic E-state index is 2.46. The third kappa shape index (κ3) is 2.12. The lowest BCUT2D eigenvalue weighted by molar-refractivity contribution is -0.660. The van der Waals surface area contributed by atoms with Gasteiger partial charge in [-0.25, -0.2) is 4.57 Å². The number of aromatic nitrogens is 1. The minimum Gasteiger partial charge on any atom is -0.201 e. The first kappa shape index (κ1) is 14.9. The average Bonchev–Trinajstić information content (AvgIpc) is 3.18. The molecule has 1 aromatic heterocycles. The van der Waals surface area contributed by atoms with E-state index in [1.54, 1.807) is 5.56 Å². The fourth-order valence-electron chi connectivity index (χ4n) is 5.01. The van der Waals surface area contributed by atoms with Crippen molar-refractivity contribution in [2.24, 2.45) is 7.05 Å². The molecule has 5 rings (SSSR count). The van der Waals surface area contributed by atoms with E-state index in [1.807, 2.05) is 0 Å². The molecule has 3 aromatic rings. The molecule has 2 aliphatic rings. The summed E-state index contributed by atoms with van der Waals surface area (Å²) in [6, 6.07) is 13.8. The molecular weight excluding hydrogens is 302 g/mol. The number of rotatable bonds is 1. The standard InChI is InChI=1S/C24H24N/c1-15-11-16(2)24(21-12-18-7-4-5-10-20(18)23(15)21)22-13-17-8-6-9-19(17)14-25(22)3/h4-5,7,10-11,13-14H,6,8-9,12H2,1-3H3/q+1. The van der Waals surface area contributed by atoms with Gasteiger partial charge in [0.2, 0.25) is 5.69 Å². The molecule has 0 N–H and O–H groups in total. The van der Waals surface area contributed by atoms with Crippen molar-refractivity contribution in [3.8, 4) is 22.4 Å². The third-order valence-corrected chi connectivity index (χ3v) is 6.08. The molecule has 2 aliphatic carbocycles. The van der Waals surface area contributed by atoms with Crippen molar-refractivity contribution in [2.75, 3.05) is 0 Å². The summed E-state index contributed by atoms with van der Waals surface area (Å²) in [5, 5.41) is 0. The van der Waals surface area contributed by atoms with E-state index >= 15 is 0 Å². The predicted octanol–water partition coefficient (Wildman–Crippen LogP) is 4.85. The monoisotopic (exact) mass is 326 g/mol. The van der Waals surface area contributed by atoms with Gasteiger partial charge in [0.05, 0.1) is 5.56 Å². The Labute approximate surface area is 150 Å². The van der Waals surface area contributed by atoms with E-state index in [0.29, 0.717) is 0 Å². The van der Waals surface area contributed by atoms with Crippen LogP contribution in [-0.2, 0) is 26.3 Å². The molecular formula is C24H24N+. The summed E-state index contributed by atoms with van der Waals surface area (Å²) in [6.07, 6.45) is 7.19. The van der Waals surface area contributed by atoms with Gasteiger partial charge in [0.1, 0.15) is 7.05 Å². The second-order valence-electron chi connectivity index (χ2n) is 7.75. The van der Waals surface area contributed by atoms with Gasteiger partial charge in [-0.1, -0.05) is 30.3 Å². The Morgan fingerprint density at radius 1 is 0.840 bits per heavy atom. The fraction of sp³-hybridized carbons (Fsp3) is 0.292. The lowest BCUT2D eigenvalue weighted by atomic mass is 9.90. The molecule has 0 radical (unpaired) electrons. The summed E-state index contributed by atoms with van der Waals surface area (Å²) in [6.45, 7) is 4.54. The number of aryl methyl sites for hydroxylation is 5. The third-order valence-electron chi connectivity index (χ3n) is 6.08. The van der Waals surface area contributed by atoms with E-state index in [0.717, 1.165) is 6.42 Å². The zero-order chi connectivity index (χ0) is 17.1. The summed E-state index contributed by atoms with van der Waals surface area (Å²) in [4.78, 5) is 0. The van der Waals surface area contributed by atoms with Crippen molar-refractivity contribution >= 4 is 0 Å². The minimum atomic E-state index is 1.06. The highest BCUT2D eigenvalue weighted by molar-refractivity contribution is 5.87. The lowest BCUT2D eigenvalue weighted by Crippen LogP contribution is -2.32. The van der Waals surface area contributed by atoms with Gasteiger partial charge in [-0.15, -0.1) is 0 Å². The first-order valence-electron chi connectivity index (χ1n) is 9.36. The maximum atomic E-state index is 2.46. The van der Waals surface area contributed by atoms with Crippen LogP contribution in [-0.4, -0.2) is 0 Å².